The Morgan fingerprint density at radius 2 is 1.65 bits per heavy atom. The van der Waals surface area contributed by atoms with Crippen LogP contribution >= 0.6 is 11.6 Å². The molecule has 0 radical (unpaired) electrons. The van der Waals surface area contributed by atoms with E-state index in [9.17, 15) is 14.4 Å². The normalized spacial score (nSPS) is 21.2. The molecular weight excluding hydrogens is 494 g/mol. The number of Topliss-reactive ketones (excluding diaryl/α,β-unsaturated/α-hetero) is 1. The Balaban J connectivity index is 1.94. The van der Waals surface area contributed by atoms with E-state index in [0.717, 1.165) is 5.56 Å². The van der Waals surface area contributed by atoms with E-state index in [4.69, 9.17) is 25.8 Å². The van der Waals surface area contributed by atoms with Crippen molar-refractivity contribution in [2.24, 2.45) is 5.92 Å². The Bertz CT molecular complexity index is 1300. The van der Waals surface area contributed by atoms with Crippen molar-refractivity contribution in [2.45, 2.75) is 39.0 Å². The number of methoxy groups -OCH3 is 1. The van der Waals surface area contributed by atoms with Gasteiger partial charge >= 0.3 is 11.9 Å². The van der Waals surface area contributed by atoms with Crippen molar-refractivity contribution in [1.29, 1.82) is 0 Å². The van der Waals surface area contributed by atoms with Crippen molar-refractivity contribution < 1.29 is 28.6 Å². The van der Waals surface area contributed by atoms with Gasteiger partial charge in [0.2, 0.25) is 0 Å². The summed E-state index contributed by atoms with van der Waals surface area (Å²) in [7, 11) is 1.55. The topological polar surface area (TPSA) is 90.9 Å². The van der Waals surface area contributed by atoms with Crippen LogP contribution in [-0.4, -0.2) is 38.0 Å². The molecule has 2 aromatic carbocycles. The number of ether oxygens (including phenoxy) is 3. The molecule has 1 aliphatic heterocycles. The summed E-state index contributed by atoms with van der Waals surface area (Å²) in [5.41, 5.74) is 3.15. The number of ketones is 1. The molecule has 0 fully saturated rings. The summed E-state index contributed by atoms with van der Waals surface area (Å²) in [6.07, 6.45) is 0.333. The predicted octanol–water partition coefficient (Wildman–Crippen LogP) is 5.06. The maximum atomic E-state index is 14.3. The zero-order valence-electron chi connectivity index (χ0n) is 21.3. The highest BCUT2D eigenvalue weighted by Crippen LogP contribution is 2.50. The van der Waals surface area contributed by atoms with Gasteiger partial charge in [0, 0.05) is 33.8 Å². The van der Waals surface area contributed by atoms with Gasteiger partial charge < -0.3 is 19.5 Å². The van der Waals surface area contributed by atoms with Gasteiger partial charge in [-0.25, -0.2) is 4.79 Å². The molecule has 0 saturated heterocycles. The first kappa shape index (κ1) is 26.5. The van der Waals surface area contributed by atoms with Crippen molar-refractivity contribution in [3.63, 3.8) is 0 Å². The quantitative estimate of drug-likeness (QED) is 0.400. The summed E-state index contributed by atoms with van der Waals surface area (Å²) < 4.78 is 16.3. The Labute approximate surface area is 221 Å². The smallest absolute Gasteiger partial charge is 0.336 e. The summed E-state index contributed by atoms with van der Waals surface area (Å²) >= 11 is 6.61. The molecule has 7 nitrogen and oxygen atoms in total. The molecule has 0 spiro atoms. The van der Waals surface area contributed by atoms with E-state index in [-0.39, 0.29) is 13.2 Å². The van der Waals surface area contributed by atoms with Crippen LogP contribution in [0.15, 0.2) is 71.1 Å². The van der Waals surface area contributed by atoms with E-state index >= 15 is 0 Å². The van der Waals surface area contributed by atoms with E-state index in [2.05, 4.69) is 5.32 Å². The van der Waals surface area contributed by atoms with Crippen molar-refractivity contribution in [3.8, 4) is 5.75 Å². The van der Waals surface area contributed by atoms with Crippen LogP contribution < -0.4 is 10.1 Å². The Morgan fingerprint density at radius 3 is 2.30 bits per heavy atom. The van der Waals surface area contributed by atoms with Gasteiger partial charge in [-0.05, 0) is 50.5 Å². The molecule has 0 amide bonds. The van der Waals surface area contributed by atoms with E-state index < -0.39 is 35.5 Å². The van der Waals surface area contributed by atoms with Crippen molar-refractivity contribution in [2.75, 3.05) is 20.3 Å². The highest BCUT2D eigenvalue weighted by Gasteiger charge is 2.49. The van der Waals surface area contributed by atoms with Crippen LogP contribution in [0.2, 0.25) is 5.02 Å². The molecule has 37 heavy (non-hydrogen) atoms. The maximum absolute atomic E-state index is 14.3. The Kier molecular flexibility index (Phi) is 8.03. The zero-order valence-corrected chi connectivity index (χ0v) is 22.1. The minimum Gasteiger partial charge on any atom is -0.496 e. The number of para-hydroxylation sites is 1. The largest absolute Gasteiger partial charge is 0.496 e. The van der Waals surface area contributed by atoms with E-state index in [0.29, 0.717) is 45.3 Å². The number of benzene rings is 2. The van der Waals surface area contributed by atoms with Gasteiger partial charge in [0.05, 0.1) is 25.9 Å². The first-order valence-corrected chi connectivity index (χ1v) is 12.7. The van der Waals surface area contributed by atoms with Crippen LogP contribution in [0, 0.1) is 5.92 Å². The lowest BCUT2D eigenvalue weighted by Crippen LogP contribution is -2.43. The number of esters is 2. The SMILES string of the molecule is CCOC(=O)C1=C(C)NC2=C(C(=O)[C@@H](C(=O)OCC)[C@@H](c3ccccc3OC)C2)[C@@H]1c1ccccc1Cl. The average Bonchev–Trinajstić information content (AvgIpc) is 2.88. The highest BCUT2D eigenvalue weighted by molar-refractivity contribution is 6.31. The number of hydrogen-bond acceptors (Lipinski definition) is 7. The van der Waals surface area contributed by atoms with Crippen molar-refractivity contribution in [1.82, 2.24) is 5.32 Å². The van der Waals surface area contributed by atoms with Crippen molar-refractivity contribution in [3.05, 3.63) is 87.2 Å². The van der Waals surface area contributed by atoms with Gasteiger partial charge in [-0.1, -0.05) is 48.0 Å². The van der Waals surface area contributed by atoms with Crippen LogP contribution in [0.4, 0.5) is 0 Å². The standard InChI is InChI=1S/C29H30ClNO6/c1-5-36-28(33)23-16(3)31-21-15-19(17-11-8-10-14-22(17)35-4)25(29(34)37-6-2)27(32)26(21)24(23)18-12-7-9-13-20(18)30/h7-14,19,24-25,31H,5-6,15H2,1-4H3/t19-,24-,25+/m1/s1. The molecule has 1 N–H and O–H groups in total. The number of dihydropyridines is 1. The van der Waals surface area contributed by atoms with Gasteiger partial charge in [0.15, 0.2) is 5.78 Å². The van der Waals surface area contributed by atoms with Crippen LogP contribution in [0.25, 0.3) is 0 Å². The van der Waals surface area contributed by atoms with Gasteiger partial charge in [0.1, 0.15) is 11.7 Å². The molecule has 3 atom stereocenters. The lowest BCUT2D eigenvalue weighted by atomic mass is 9.67. The number of carbonyl (C=O) groups is 3. The summed E-state index contributed by atoms with van der Waals surface area (Å²) in [4.78, 5) is 40.8. The average molecular weight is 524 g/mol. The molecule has 0 aromatic heterocycles. The number of rotatable bonds is 7. The molecule has 2 aromatic rings. The summed E-state index contributed by atoms with van der Waals surface area (Å²) in [6, 6.07) is 14.4. The first-order valence-electron chi connectivity index (χ1n) is 12.3. The molecular formula is C29H30ClNO6. The van der Waals surface area contributed by atoms with Gasteiger partial charge in [-0.3, -0.25) is 9.59 Å². The molecule has 0 unspecified atom stereocenters. The summed E-state index contributed by atoms with van der Waals surface area (Å²) in [6.45, 7) is 5.51. The fraction of sp³-hybridized carbons (Fsp3) is 0.345. The molecule has 1 aliphatic carbocycles. The van der Waals surface area contributed by atoms with Gasteiger partial charge in [-0.15, -0.1) is 0 Å². The van der Waals surface area contributed by atoms with Crippen LogP contribution in [0.3, 0.4) is 0 Å². The predicted molar refractivity (Wildman–Crippen MR) is 139 cm³/mol. The monoisotopic (exact) mass is 523 g/mol. The molecule has 8 heteroatoms. The summed E-state index contributed by atoms with van der Waals surface area (Å²) in [5, 5.41) is 3.69. The Hall–Kier alpha value is -3.58. The molecule has 1 heterocycles. The lowest BCUT2D eigenvalue weighted by Gasteiger charge is -2.39. The number of hydrogen-bond donors (Lipinski definition) is 1. The number of nitrogens with one attached hydrogen (secondary N) is 1. The Morgan fingerprint density at radius 1 is 1.00 bits per heavy atom. The van der Waals surface area contributed by atoms with Crippen LogP contribution in [0.1, 0.15) is 50.2 Å². The zero-order chi connectivity index (χ0) is 26.7. The van der Waals surface area contributed by atoms with E-state index in [1.807, 2.05) is 18.2 Å². The highest BCUT2D eigenvalue weighted by atomic mass is 35.5. The molecule has 4 rings (SSSR count). The number of allylic oxidation sites excluding steroid dienone is 3. The third-order valence-electron chi connectivity index (χ3n) is 6.81. The second-order valence-corrected chi connectivity index (χ2v) is 9.28. The minimum absolute atomic E-state index is 0.131. The second kappa shape index (κ2) is 11.2. The first-order chi connectivity index (χ1) is 17.8. The fourth-order valence-corrected chi connectivity index (χ4v) is 5.55. The lowest BCUT2D eigenvalue weighted by molar-refractivity contribution is -0.152. The van der Waals surface area contributed by atoms with Crippen LogP contribution in [-0.2, 0) is 23.9 Å². The second-order valence-electron chi connectivity index (χ2n) is 8.88. The molecule has 0 saturated carbocycles. The van der Waals surface area contributed by atoms with Crippen molar-refractivity contribution >= 4 is 29.3 Å². The van der Waals surface area contributed by atoms with Gasteiger partial charge in [-0.2, -0.15) is 0 Å². The van der Waals surface area contributed by atoms with Crippen LogP contribution in [0.5, 0.6) is 5.75 Å². The number of halogens is 1. The maximum Gasteiger partial charge on any atom is 0.336 e. The third-order valence-corrected chi connectivity index (χ3v) is 7.15. The van der Waals surface area contributed by atoms with Gasteiger partial charge in [0.25, 0.3) is 0 Å². The third kappa shape index (κ3) is 4.88. The molecule has 194 valence electrons. The summed E-state index contributed by atoms with van der Waals surface area (Å²) in [5.74, 6) is -3.44. The van der Waals surface area contributed by atoms with E-state index in [1.165, 1.54) is 0 Å². The minimum atomic E-state index is -1.12. The molecule has 0 bridgehead atoms. The van der Waals surface area contributed by atoms with E-state index in [1.54, 1.807) is 58.2 Å². The molecule has 2 aliphatic rings. The number of carbonyl (C=O) groups excluding carboxylic acids is 3. The fourth-order valence-electron chi connectivity index (χ4n) is 5.30.